The van der Waals surface area contributed by atoms with Gasteiger partial charge in [0.15, 0.2) is 0 Å². The van der Waals surface area contributed by atoms with E-state index in [9.17, 15) is 4.79 Å². The molecule has 1 aromatic carbocycles. The van der Waals surface area contributed by atoms with Crippen molar-refractivity contribution in [1.29, 1.82) is 0 Å². The molecule has 4 nitrogen and oxygen atoms in total. The molecule has 0 fully saturated rings. The third-order valence-corrected chi connectivity index (χ3v) is 2.45. The summed E-state index contributed by atoms with van der Waals surface area (Å²) >= 11 is 0. The van der Waals surface area contributed by atoms with Crippen molar-refractivity contribution in [2.45, 2.75) is 13.3 Å². The summed E-state index contributed by atoms with van der Waals surface area (Å²) in [6.45, 7) is 3.43. The highest BCUT2D eigenvalue weighted by atomic mass is 35.5. The van der Waals surface area contributed by atoms with Gasteiger partial charge in [0.1, 0.15) is 5.75 Å². The van der Waals surface area contributed by atoms with Crippen LogP contribution in [0.25, 0.3) is 0 Å². The lowest BCUT2D eigenvalue weighted by atomic mass is 10.1. The molecule has 0 bridgehead atoms. The van der Waals surface area contributed by atoms with Crippen LogP contribution in [0.5, 0.6) is 5.75 Å². The number of amides is 1. The predicted octanol–water partition coefficient (Wildman–Crippen LogP) is 1.59. The summed E-state index contributed by atoms with van der Waals surface area (Å²) in [6, 6.07) is 9.59. The van der Waals surface area contributed by atoms with Crippen molar-refractivity contribution >= 4 is 18.3 Å². The van der Waals surface area contributed by atoms with E-state index in [2.05, 4.69) is 5.32 Å². The predicted molar refractivity (Wildman–Crippen MR) is 75.0 cm³/mol. The Morgan fingerprint density at radius 2 is 2.06 bits per heavy atom. The summed E-state index contributed by atoms with van der Waals surface area (Å²) < 4.78 is 5.53. The zero-order chi connectivity index (χ0) is 12.5. The van der Waals surface area contributed by atoms with E-state index in [0.29, 0.717) is 26.1 Å². The molecular weight excluding hydrogens is 252 g/mol. The largest absolute Gasteiger partial charge is 0.494 e. The molecule has 3 N–H and O–H groups in total. The standard InChI is InChI=1S/C13H20N2O2.ClH/c1-11(13(16)15-9-8-14)7-10-17-12-5-3-2-4-6-12;/h2-6,11H,7-10,14H2,1H3,(H,15,16);1H. The molecule has 0 aliphatic carbocycles. The van der Waals surface area contributed by atoms with E-state index in [1.807, 2.05) is 37.3 Å². The van der Waals surface area contributed by atoms with Crippen LogP contribution in [0, 0.1) is 5.92 Å². The molecule has 1 amide bonds. The highest BCUT2D eigenvalue weighted by Gasteiger charge is 2.11. The van der Waals surface area contributed by atoms with Crippen molar-refractivity contribution in [3.63, 3.8) is 0 Å². The molecule has 0 saturated heterocycles. The van der Waals surface area contributed by atoms with Crippen LogP contribution in [0.1, 0.15) is 13.3 Å². The van der Waals surface area contributed by atoms with Crippen LogP contribution in [0.4, 0.5) is 0 Å². The lowest BCUT2D eigenvalue weighted by Crippen LogP contribution is -2.33. The first-order chi connectivity index (χ1) is 8.24. The fraction of sp³-hybridized carbons (Fsp3) is 0.462. The summed E-state index contributed by atoms with van der Waals surface area (Å²) in [7, 11) is 0. The topological polar surface area (TPSA) is 64.3 Å². The second-order valence-electron chi connectivity index (χ2n) is 3.93. The zero-order valence-electron chi connectivity index (χ0n) is 10.6. The number of nitrogens with two attached hydrogens (primary N) is 1. The van der Waals surface area contributed by atoms with E-state index < -0.39 is 0 Å². The maximum atomic E-state index is 11.5. The Balaban J connectivity index is 0.00000289. The zero-order valence-corrected chi connectivity index (χ0v) is 11.4. The van der Waals surface area contributed by atoms with Gasteiger partial charge in [-0.2, -0.15) is 0 Å². The average Bonchev–Trinajstić information content (AvgIpc) is 2.37. The molecule has 0 radical (unpaired) electrons. The van der Waals surface area contributed by atoms with Gasteiger partial charge in [0.2, 0.25) is 5.91 Å². The van der Waals surface area contributed by atoms with E-state index in [0.717, 1.165) is 5.75 Å². The van der Waals surface area contributed by atoms with Gasteiger partial charge in [-0.15, -0.1) is 12.4 Å². The molecule has 0 spiro atoms. The van der Waals surface area contributed by atoms with Crippen molar-refractivity contribution in [3.8, 4) is 5.75 Å². The molecule has 1 atom stereocenters. The van der Waals surface area contributed by atoms with Crippen LogP contribution in [-0.4, -0.2) is 25.6 Å². The summed E-state index contributed by atoms with van der Waals surface area (Å²) in [5.74, 6) is 0.819. The third-order valence-electron chi connectivity index (χ3n) is 2.45. The quantitative estimate of drug-likeness (QED) is 0.792. The molecule has 0 saturated carbocycles. The minimum atomic E-state index is -0.0507. The Hall–Kier alpha value is -1.26. The van der Waals surface area contributed by atoms with E-state index >= 15 is 0 Å². The first-order valence-corrected chi connectivity index (χ1v) is 5.89. The number of para-hydroxylation sites is 1. The SMILES string of the molecule is CC(CCOc1ccccc1)C(=O)NCCN.Cl. The van der Waals surface area contributed by atoms with Gasteiger partial charge >= 0.3 is 0 Å². The van der Waals surface area contributed by atoms with Gasteiger partial charge in [-0.1, -0.05) is 25.1 Å². The van der Waals surface area contributed by atoms with Crippen molar-refractivity contribution in [2.75, 3.05) is 19.7 Å². The molecule has 18 heavy (non-hydrogen) atoms. The lowest BCUT2D eigenvalue weighted by Gasteiger charge is -2.12. The second kappa shape index (κ2) is 9.74. The minimum Gasteiger partial charge on any atom is -0.494 e. The van der Waals surface area contributed by atoms with E-state index in [1.165, 1.54) is 0 Å². The van der Waals surface area contributed by atoms with Gasteiger partial charge in [-0.3, -0.25) is 4.79 Å². The van der Waals surface area contributed by atoms with Crippen LogP contribution < -0.4 is 15.8 Å². The van der Waals surface area contributed by atoms with Crippen molar-refractivity contribution < 1.29 is 9.53 Å². The van der Waals surface area contributed by atoms with Gasteiger partial charge < -0.3 is 15.8 Å². The molecule has 102 valence electrons. The number of ether oxygens (including phenoxy) is 1. The van der Waals surface area contributed by atoms with Crippen molar-refractivity contribution in [1.82, 2.24) is 5.32 Å². The highest BCUT2D eigenvalue weighted by molar-refractivity contribution is 5.85. The summed E-state index contributed by atoms with van der Waals surface area (Å²) in [5.41, 5.74) is 5.31. The van der Waals surface area contributed by atoms with Gasteiger partial charge in [-0.25, -0.2) is 0 Å². The number of nitrogens with one attached hydrogen (secondary N) is 1. The fourth-order valence-corrected chi connectivity index (χ4v) is 1.37. The number of carbonyl (C=O) groups is 1. The summed E-state index contributed by atoms with van der Waals surface area (Å²) in [4.78, 5) is 11.5. The van der Waals surface area contributed by atoms with Crippen LogP contribution >= 0.6 is 12.4 Å². The Kier molecular flexibility index (Phi) is 9.06. The van der Waals surface area contributed by atoms with E-state index in [-0.39, 0.29) is 24.2 Å². The number of benzene rings is 1. The van der Waals surface area contributed by atoms with Crippen molar-refractivity contribution in [2.24, 2.45) is 11.7 Å². The molecular formula is C13H21ClN2O2. The van der Waals surface area contributed by atoms with Gasteiger partial charge in [0, 0.05) is 19.0 Å². The fourth-order valence-electron chi connectivity index (χ4n) is 1.37. The first kappa shape index (κ1) is 16.7. The summed E-state index contributed by atoms with van der Waals surface area (Å²) in [6.07, 6.45) is 0.700. The molecule has 0 aliphatic rings. The van der Waals surface area contributed by atoms with Gasteiger partial charge in [0.05, 0.1) is 6.61 Å². The van der Waals surface area contributed by atoms with Crippen LogP contribution in [-0.2, 0) is 4.79 Å². The Morgan fingerprint density at radius 1 is 1.39 bits per heavy atom. The van der Waals surface area contributed by atoms with Crippen LogP contribution in [0.2, 0.25) is 0 Å². The summed E-state index contributed by atoms with van der Waals surface area (Å²) in [5, 5.41) is 2.76. The molecule has 5 heteroatoms. The molecule has 0 aliphatic heterocycles. The Labute approximate surface area is 114 Å². The molecule has 0 heterocycles. The number of halogens is 1. The average molecular weight is 273 g/mol. The third kappa shape index (κ3) is 6.47. The maximum Gasteiger partial charge on any atom is 0.223 e. The lowest BCUT2D eigenvalue weighted by molar-refractivity contribution is -0.124. The Morgan fingerprint density at radius 3 is 2.67 bits per heavy atom. The van der Waals surface area contributed by atoms with Crippen molar-refractivity contribution in [3.05, 3.63) is 30.3 Å². The molecule has 0 aromatic heterocycles. The number of hydrogen-bond donors (Lipinski definition) is 2. The molecule has 1 aromatic rings. The van der Waals surface area contributed by atoms with E-state index in [1.54, 1.807) is 0 Å². The number of hydrogen-bond acceptors (Lipinski definition) is 3. The Bertz CT molecular complexity index is 333. The van der Waals surface area contributed by atoms with Gasteiger partial charge in [-0.05, 0) is 18.6 Å². The normalized spacial score (nSPS) is 11.2. The van der Waals surface area contributed by atoms with Crippen LogP contribution in [0.3, 0.4) is 0 Å². The molecule has 1 unspecified atom stereocenters. The highest BCUT2D eigenvalue weighted by Crippen LogP contribution is 2.10. The maximum absolute atomic E-state index is 11.5. The first-order valence-electron chi connectivity index (χ1n) is 5.89. The number of carbonyl (C=O) groups excluding carboxylic acids is 1. The monoisotopic (exact) mass is 272 g/mol. The minimum absolute atomic E-state index is 0. The van der Waals surface area contributed by atoms with Crippen LogP contribution in [0.15, 0.2) is 30.3 Å². The van der Waals surface area contributed by atoms with Gasteiger partial charge in [0.25, 0.3) is 0 Å². The molecule has 1 rings (SSSR count). The van der Waals surface area contributed by atoms with E-state index in [4.69, 9.17) is 10.5 Å². The number of rotatable bonds is 7. The smallest absolute Gasteiger partial charge is 0.223 e. The second-order valence-corrected chi connectivity index (χ2v) is 3.93.